The molecule has 0 heterocycles. The van der Waals surface area contributed by atoms with Crippen LogP contribution in [0.15, 0.2) is 29.3 Å². The highest BCUT2D eigenvalue weighted by molar-refractivity contribution is 6.31. The first-order chi connectivity index (χ1) is 6.65. The summed E-state index contributed by atoms with van der Waals surface area (Å²) in [5.74, 6) is -0.0302. The Morgan fingerprint density at radius 3 is 2.79 bits per heavy atom. The molecule has 0 amide bonds. The van der Waals surface area contributed by atoms with E-state index in [9.17, 15) is 0 Å². The fraction of sp³-hybridized carbons (Fsp3) is 0.222. The fourth-order valence-electron chi connectivity index (χ4n) is 1.12. The summed E-state index contributed by atoms with van der Waals surface area (Å²) in [4.78, 5) is 3.98. The summed E-state index contributed by atoms with van der Waals surface area (Å²) in [6.07, 6.45) is 0. The van der Waals surface area contributed by atoms with E-state index >= 15 is 0 Å². The molecule has 0 aliphatic heterocycles. The zero-order valence-electron chi connectivity index (χ0n) is 7.74. The van der Waals surface area contributed by atoms with Crippen molar-refractivity contribution < 1.29 is 5.21 Å². The quantitative estimate of drug-likeness (QED) is 0.398. The third kappa shape index (κ3) is 2.61. The van der Waals surface area contributed by atoms with E-state index in [0.717, 1.165) is 5.56 Å². The number of rotatable bonds is 2. The van der Waals surface area contributed by atoms with Crippen LogP contribution >= 0.6 is 11.6 Å². The number of nitrogens with two attached hydrogens (primary N) is 1. The van der Waals surface area contributed by atoms with Gasteiger partial charge in [0.2, 0.25) is 5.96 Å². The lowest BCUT2D eigenvalue weighted by Gasteiger charge is -2.09. The third-order valence-electron chi connectivity index (χ3n) is 1.80. The molecule has 0 spiro atoms. The van der Waals surface area contributed by atoms with Crippen molar-refractivity contribution in [3.8, 4) is 0 Å². The van der Waals surface area contributed by atoms with E-state index in [0.29, 0.717) is 5.02 Å². The molecule has 0 saturated heterocycles. The third-order valence-corrected chi connectivity index (χ3v) is 2.15. The first-order valence-electron chi connectivity index (χ1n) is 4.13. The van der Waals surface area contributed by atoms with Crippen LogP contribution < -0.4 is 11.2 Å². The van der Waals surface area contributed by atoms with Gasteiger partial charge in [0, 0.05) is 5.02 Å². The Morgan fingerprint density at radius 2 is 2.21 bits per heavy atom. The number of hydrogen-bond donors (Lipinski definition) is 3. The lowest BCUT2D eigenvalue weighted by molar-refractivity contribution is 0.232. The van der Waals surface area contributed by atoms with E-state index in [2.05, 4.69) is 4.99 Å². The summed E-state index contributed by atoms with van der Waals surface area (Å²) >= 11 is 5.95. The molecular formula is C9H12ClN3O. The normalized spacial score (nSPS) is 13.8. The van der Waals surface area contributed by atoms with Crippen LogP contribution in [0, 0.1) is 0 Å². The number of nitrogens with one attached hydrogen (secondary N) is 1. The number of hydroxylamine groups is 1. The van der Waals surface area contributed by atoms with Gasteiger partial charge in [0.25, 0.3) is 0 Å². The molecule has 1 unspecified atom stereocenters. The molecule has 1 aromatic rings. The van der Waals surface area contributed by atoms with Crippen molar-refractivity contribution in [1.29, 1.82) is 0 Å². The van der Waals surface area contributed by atoms with Crippen LogP contribution in [0.2, 0.25) is 5.02 Å². The second-order valence-corrected chi connectivity index (χ2v) is 3.23. The molecule has 0 saturated carbocycles. The molecule has 5 heteroatoms. The Balaban J connectivity index is 2.90. The molecule has 76 valence electrons. The number of benzene rings is 1. The minimum Gasteiger partial charge on any atom is -0.368 e. The Hall–Kier alpha value is -1.26. The number of nitrogens with zero attached hydrogens (tertiary/aromatic N) is 1. The second kappa shape index (κ2) is 4.83. The van der Waals surface area contributed by atoms with Gasteiger partial charge in [0.15, 0.2) is 0 Å². The predicted octanol–water partition coefficient (Wildman–Crippen LogP) is 1.69. The van der Waals surface area contributed by atoms with E-state index in [4.69, 9.17) is 22.5 Å². The van der Waals surface area contributed by atoms with Crippen LogP contribution in [0.4, 0.5) is 0 Å². The highest BCUT2D eigenvalue weighted by Crippen LogP contribution is 2.24. The SMILES string of the molecule is CC(N=C(N)NO)c1ccccc1Cl. The lowest BCUT2D eigenvalue weighted by Crippen LogP contribution is -2.28. The number of aliphatic imine (C=N–C) groups is 1. The molecule has 14 heavy (non-hydrogen) atoms. The van der Waals surface area contributed by atoms with Gasteiger partial charge in [-0.2, -0.15) is 0 Å². The zero-order valence-corrected chi connectivity index (χ0v) is 8.49. The van der Waals surface area contributed by atoms with Crippen molar-refractivity contribution >= 4 is 17.6 Å². The summed E-state index contributed by atoms with van der Waals surface area (Å²) in [7, 11) is 0. The number of halogens is 1. The van der Waals surface area contributed by atoms with Crippen molar-refractivity contribution in [3.63, 3.8) is 0 Å². The zero-order chi connectivity index (χ0) is 10.6. The Morgan fingerprint density at radius 1 is 1.57 bits per heavy atom. The predicted molar refractivity (Wildman–Crippen MR) is 56.4 cm³/mol. The molecule has 1 rings (SSSR count). The first kappa shape index (κ1) is 10.8. The van der Waals surface area contributed by atoms with Gasteiger partial charge < -0.3 is 5.73 Å². The molecule has 0 aliphatic carbocycles. The van der Waals surface area contributed by atoms with Crippen molar-refractivity contribution in [3.05, 3.63) is 34.9 Å². The van der Waals surface area contributed by atoms with Crippen LogP contribution in [0.1, 0.15) is 18.5 Å². The maximum atomic E-state index is 8.46. The minimum absolute atomic E-state index is 0.0302. The van der Waals surface area contributed by atoms with Crippen LogP contribution in [-0.4, -0.2) is 11.2 Å². The molecule has 1 aromatic carbocycles. The van der Waals surface area contributed by atoms with E-state index in [1.54, 1.807) is 11.5 Å². The van der Waals surface area contributed by atoms with Gasteiger partial charge in [-0.05, 0) is 18.6 Å². The summed E-state index contributed by atoms with van der Waals surface area (Å²) in [5, 5.41) is 9.09. The first-order valence-corrected chi connectivity index (χ1v) is 4.50. The standard InChI is InChI=1S/C9H12ClN3O/c1-6(12-9(11)13-14)7-4-2-3-5-8(7)10/h2-6,14H,1H3,(H3,11,12,13). The van der Waals surface area contributed by atoms with E-state index in [1.807, 2.05) is 25.1 Å². The van der Waals surface area contributed by atoms with Gasteiger partial charge >= 0.3 is 0 Å². The largest absolute Gasteiger partial charge is 0.368 e. The average Bonchev–Trinajstić information content (AvgIpc) is 2.18. The lowest BCUT2D eigenvalue weighted by atomic mass is 10.1. The van der Waals surface area contributed by atoms with Gasteiger partial charge in [0.1, 0.15) is 0 Å². The molecule has 0 radical (unpaired) electrons. The Bertz CT molecular complexity index is 341. The van der Waals surface area contributed by atoms with Gasteiger partial charge in [-0.3, -0.25) is 5.21 Å². The summed E-state index contributed by atoms with van der Waals surface area (Å²) < 4.78 is 0. The summed E-state index contributed by atoms with van der Waals surface area (Å²) in [6.45, 7) is 1.84. The van der Waals surface area contributed by atoms with Crippen molar-refractivity contribution in [1.82, 2.24) is 5.48 Å². The maximum Gasteiger partial charge on any atom is 0.213 e. The minimum atomic E-state index is -0.191. The Labute approximate surface area is 87.4 Å². The molecule has 1 atom stereocenters. The molecule has 0 aromatic heterocycles. The topological polar surface area (TPSA) is 70.6 Å². The van der Waals surface area contributed by atoms with Gasteiger partial charge in [0.05, 0.1) is 6.04 Å². The van der Waals surface area contributed by atoms with E-state index in [1.165, 1.54) is 0 Å². The van der Waals surface area contributed by atoms with Crippen LogP contribution in [0.5, 0.6) is 0 Å². The monoisotopic (exact) mass is 213 g/mol. The summed E-state index contributed by atoms with van der Waals surface area (Å²) in [5.41, 5.74) is 7.94. The van der Waals surface area contributed by atoms with Gasteiger partial charge in [-0.25, -0.2) is 10.5 Å². The molecule has 4 N–H and O–H groups in total. The number of hydrogen-bond acceptors (Lipinski definition) is 2. The maximum absolute atomic E-state index is 8.46. The van der Waals surface area contributed by atoms with Gasteiger partial charge in [-0.1, -0.05) is 29.8 Å². The molecular weight excluding hydrogens is 202 g/mol. The van der Waals surface area contributed by atoms with E-state index < -0.39 is 0 Å². The fourth-order valence-corrected chi connectivity index (χ4v) is 1.41. The van der Waals surface area contributed by atoms with E-state index in [-0.39, 0.29) is 12.0 Å². The van der Waals surface area contributed by atoms with Crippen molar-refractivity contribution in [2.45, 2.75) is 13.0 Å². The van der Waals surface area contributed by atoms with Crippen molar-refractivity contribution in [2.24, 2.45) is 10.7 Å². The summed E-state index contributed by atoms with van der Waals surface area (Å²) in [6, 6.07) is 7.17. The highest BCUT2D eigenvalue weighted by atomic mass is 35.5. The second-order valence-electron chi connectivity index (χ2n) is 2.82. The van der Waals surface area contributed by atoms with Crippen LogP contribution in [-0.2, 0) is 0 Å². The van der Waals surface area contributed by atoms with Crippen molar-refractivity contribution in [2.75, 3.05) is 0 Å². The average molecular weight is 214 g/mol. The molecule has 0 fully saturated rings. The van der Waals surface area contributed by atoms with Crippen LogP contribution in [0.25, 0.3) is 0 Å². The molecule has 4 nitrogen and oxygen atoms in total. The van der Waals surface area contributed by atoms with Gasteiger partial charge in [-0.15, -0.1) is 0 Å². The molecule has 0 aliphatic rings. The number of guanidine groups is 1. The van der Waals surface area contributed by atoms with Crippen LogP contribution in [0.3, 0.4) is 0 Å². The highest BCUT2D eigenvalue weighted by Gasteiger charge is 2.07. The Kier molecular flexibility index (Phi) is 3.73. The molecule has 0 bridgehead atoms. The smallest absolute Gasteiger partial charge is 0.213 e.